The van der Waals surface area contributed by atoms with Gasteiger partial charge in [0.15, 0.2) is 0 Å². The lowest BCUT2D eigenvalue weighted by Gasteiger charge is -2.18. The second-order valence-electron chi connectivity index (χ2n) is 5.27. The van der Waals surface area contributed by atoms with Gasteiger partial charge in [0, 0.05) is 16.0 Å². The molecule has 0 aliphatic carbocycles. The largest absolute Gasteiger partial charge is 0.232 e. The number of aromatic nitrogens is 2. The normalized spacial score (nSPS) is 11.7. The van der Waals surface area contributed by atoms with Gasteiger partial charge in [0.05, 0.1) is 10.7 Å². The van der Waals surface area contributed by atoms with Gasteiger partial charge in [-0.25, -0.2) is 9.97 Å². The molecule has 2 nitrogen and oxygen atoms in total. The van der Waals surface area contributed by atoms with Crippen molar-refractivity contribution in [3.63, 3.8) is 0 Å². The third kappa shape index (κ3) is 3.47. The van der Waals surface area contributed by atoms with Gasteiger partial charge >= 0.3 is 0 Å². The minimum Gasteiger partial charge on any atom is -0.232 e. The van der Waals surface area contributed by atoms with Crippen LogP contribution in [0.2, 0.25) is 10.0 Å². The number of hydrogen-bond acceptors (Lipinski definition) is 2. The average Bonchev–Trinajstić information content (AvgIpc) is 2.26. The number of nitrogens with zero attached hydrogens (tertiary/aromatic N) is 2. The van der Waals surface area contributed by atoms with Crippen molar-refractivity contribution in [2.24, 2.45) is 0 Å². The summed E-state index contributed by atoms with van der Waals surface area (Å²) in [5.41, 5.74) is 1.50. The zero-order valence-electron chi connectivity index (χ0n) is 10.8. The third-order valence-corrected chi connectivity index (χ3v) is 3.53. The molecule has 1 aromatic carbocycles. The van der Waals surface area contributed by atoms with Crippen molar-refractivity contribution < 1.29 is 0 Å². The van der Waals surface area contributed by atoms with Crippen LogP contribution in [-0.2, 0) is 5.41 Å². The van der Waals surface area contributed by atoms with Gasteiger partial charge in [-0.15, -0.1) is 0 Å². The fourth-order valence-electron chi connectivity index (χ4n) is 1.59. The highest BCUT2D eigenvalue weighted by Crippen LogP contribution is 2.31. The highest BCUT2D eigenvalue weighted by Gasteiger charge is 2.19. The molecule has 2 rings (SSSR count). The molecule has 1 aromatic heterocycles. The van der Waals surface area contributed by atoms with Crippen LogP contribution >= 0.6 is 39.1 Å². The molecule has 19 heavy (non-hydrogen) atoms. The van der Waals surface area contributed by atoms with E-state index in [9.17, 15) is 0 Å². The first-order valence-corrected chi connectivity index (χ1v) is 7.33. The maximum Gasteiger partial charge on any atom is 0.135 e. The maximum absolute atomic E-state index is 6.22. The molecule has 0 radical (unpaired) electrons. The molecule has 0 unspecified atom stereocenters. The summed E-state index contributed by atoms with van der Waals surface area (Å²) in [5.74, 6) is 0.767. The van der Waals surface area contributed by atoms with Crippen LogP contribution in [0, 0.1) is 0 Å². The summed E-state index contributed by atoms with van der Waals surface area (Å²) in [6.45, 7) is 6.21. The van der Waals surface area contributed by atoms with Crippen molar-refractivity contribution in [2.45, 2.75) is 26.2 Å². The highest BCUT2D eigenvalue weighted by molar-refractivity contribution is 9.10. The van der Waals surface area contributed by atoms with E-state index in [2.05, 4.69) is 46.7 Å². The summed E-state index contributed by atoms with van der Waals surface area (Å²) < 4.78 is 0.744. The summed E-state index contributed by atoms with van der Waals surface area (Å²) >= 11 is 15.6. The van der Waals surface area contributed by atoms with Crippen LogP contribution in [0.5, 0.6) is 0 Å². The Morgan fingerprint density at radius 2 is 1.74 bits per heavy atom. The van der Waals surface area contributed by atoms with Gasteiger partial charge in [-0.3, -0.25) is 0 Å². The quantitative estimate of drug-likeness (QED) is 0.627. The van der Waals surface area contributed by atoms with Crippen molar-refractivity contribution in [3.8, 4) is 11.3 Å². The lowest BCUT2D eigenvalue weighted by atomic mass is 9.95. The maximum atomic E-state index is 6.22. The molecule has 0 atom stereocenters. The molecule has 0 amide bonds. The number of hydrogen-bond donors (Lipinski definition) is 0. The lowest BCUT2D eigenvalue weighted by molar-refractivity contribution is 0.544. The number of halogens is 3. The summed E-state index contributed by atoms with van der Waals surface area (Å²) in [6.07, 6.45) is 0. The second kappa shape index (κ2) is 5.39. The SMILES string of the molecule is CC(C)(C)c1nc(Br)cc(-c2ccc(Cl)cc2Cl)n1. The van der Waals surface area contributed by atoms with Gasteiger partial charge in [-0.2, -0.15) is 0 Å². The summed E-state index contributed by atoms with van der Waals surface area (Å²) in [7, 11) is 0. The Morgan fingerprint density at radius 3 is 2.32 bits per heavy atom. The molecule has 0 spiro atoms. The van der Waals surface area contributed by atoms with Crippen LogP contribution in [-0.4, -0.2) is 9.97 Å². The Morgan fingerprint density at radius 1 is 1.05 bits per heavy atom. The second-order valence-corrected chi connectivity index (χ2v) is 6.93. The highest BCUT2D eigenvalue weighted by atomic mass is 79.9. The standard InChI is InChI=1S/C14H13BrCl2N2/c1-14(2,3)13-18-11(7-12(15)19-13)9-5-4-8(16)6-10(9)17/h4-7H,1-3H3. The number of benzene rings is 1. The van der Waals surface area contributed by atoms with Crippen molar-refractivity contribution in [1.82, 2.24) is 9.97 Å². The molecule has 0 fully saturated rings. The molecule has 1 heterocycles. The monoisotopic (exact) mass is 358 g/mol. The molecule has 0 aliphatic heterocycles. The summed E-state index contributed by atoms with van der Waals surface area (Å²) in [4.78, 5) is 9.01. The Kier molecular flexibility index (Phi) is 4.19. The molecule has 0 N–H and O–H groups in total. The van der Waals surface area contributed by atoms with Crippen LogP contribution in [0.15, 0.2) is 28.9 Å². The van der Waals surface area contributed by atoms with E-state index >= 15 is 0 Å². The molecule has 0 saturated heterocycles. The van der Waals surface area contributed by atoms with Gasteiger partial charge < -0.3 is 0 Å². The van der Waals surface area contributed by atoms with Crippen molar-refractivity contribution >= 4 is 39.1 Å². The number of rotatable bonds is 1. The first-order chi connectivity index (χ1) is 8.77. The molecule has 0 aliphatic rings. The molecule has 100 valence electrons. The van der Waals surface area contributed by atoms with E-state index in [0.717, 1.165) is 21.7 Å². The molecule has 5 heteroatoms. The average molecular weight is 360 g/mol. The first-order valence-electron chi connectivity index (χ1n) is 5.78. The van der Waals surface area contributed by atoms with Gasteiger partial charge in [-0.05, 0) is 40.2 Å². The smallest absolute Gasteiger partial charge is 0.135 e. The van der Waals surface area contributed by atoms with Crippen LogP contribution in [0.25, 0.3) is 11.3 Å². The minimum absolute atomic E-state index is 0.128. The molecule has 0 bridgehead atoms. The molecule has 0 saturated carbocycles. The van der Waals surface area contributed by atoms with E-state index in [1.807, 2.05) is 12.1 Å². The third-order valence-electron chi connectivity index (χ3n) is 2.57. The van der Waals surface area contributed by atoms with Crippen LogP contribution in [0.1, 0.15) is 26.6 Å². The van der Waals surface area contributed by atoms with Crippen LogP contribution < -0.4 is 0 Å². The molecular weight excluding hydrogens is 347 g/mol. The fourth-order valence-corrected chi connectivity index (χ4v) is 2.48. The van der Waals surface area contributed by atoms with E-state index in [1.54, 1.807) is 12.1 Å². The van der Waals surface area contributed by atoms with Gasteiger partial charge in [0.1, 0.15) is 10.4 Å². The predicted octanol–water partition coefficient (Wildman–Crippen LogP) is 5.51. The van der Waals surface area contributed by atoms with E-state index in [-0.39, 0.29) is 5.41 Å². The minimum atomic E-state index is -0.128. The van der Waals surface area contributed by atoms with Crippen molar-refractivity contribution in [1.29, 1.82) is 0 Å². The van der Waals surface area contributed by atoms with Gasteiger partial charge in [0.2, 0.25) is 0 Å². The van der Waals surface area contributed by atoms with Gasteiger partial charge in [0.25, 0.3) is 0 Å². The van der Waals surface area contributed by atoms with E-state index < -0.39 is 0 Å². The fraction of sp³-hybridized carbons (Fsp3) is 0.286. The zero-order chi connectivity index (χ0) is 14.2. The first kappa shape index (κ1) is 14.8. The van der Waals surface area contributed by atoms with Crippen molar-refractivity contribution in [3.05, 3.63) is 44.7 Å². The van der Waals surface area contributed by atoms with E-state index in [1.165, 1.54) is 0 Å². The summed E-state index contributed by atoms with van der Waals surface area (Å²) in [5, 5.41) is 1.19. The summed E-state index contributed by atoms with van der Waals surface area (Å²) in [6, 6.07) is 7.23. The molecular formula is C14H13BrCl2N2. The Balaban J connectivity index is 2.59. The Labute approximate surface area is 131 Å². The van der Waals surface area contributed by atoms with E-state index in [4.69, 9.17) is 23.2 Å². The Bertz CT molecular complexity index is 621. The lowest BCUT2D eigenvalue weighted by Crippen LogP contribution is -2.16. The molecule has 2 aromatic rings. The topological polar surface area (TPSA) is 25.8 Å². The Hall–Kier alpha value is -0.640. The van der Waals surface area contributed by atoms with Gasteiger partial charge in [-0.1, -0.05) is 44.0 Å². The predicted molar refractivity (Wildman–Crippen MR) is 83.9 cm³/mol. The van der Waals surface area contributed by atoms with E-state index in [0.29, 0.717) is 10.0 Å². The zero-order valence-corrected chi connectivity index (χ0v) is 13.9. The van der Waals surface area contributed by atoms with Crippen LogP contribution in [0.4, 0.5) is 0 Å². The van der Waals surface area contributed by atoms with Crippen molar-refractivity contribution in [2.75, 3.05) is 0 Å². The van der Waals surface area contributed by atoms with Crippen LogP contribution in [0.3, 0.4) is 0 Å².